The summed E-state index contributed by atoms with van der Waals surface area (Å²) >= 11 is 0. The SMILES string of the molecule is CCCCC(=C=CC(C)(C)C)[C@H](O)C(C)C. The van der Waals surface area contributed by atoms with Crippen LogP contribution in [0.2, 0.25) is 0 Å². The molecule has 0 aromatic rings. The second kappa shape index (κ2) is 6.93. The summed E-state index contributed by atoms with van der Waals surface area (Å²) < 4.78 is 0. The highest BCUT2D eigenvalue weighted by atomic mass is 16.3. The van der Waals surface area contributed by atoms with Crippen molar-refractivity contribution in [2.75, 3.05) is 0 Å². The van der Waals surface area contributed by atoms with E-state index in [1.54, 1.807) is 0 Å². The van der Waals surface area contributed by atoms with Crippen molar-refractivity contribution in [2.45, 2.75) is 66.9 Å². The predicted octanol–water partition coefficient (Wildman–Crippen LogP) is 4.32. The van der Waals surface area contributed by atoms with Crippen LogP contribution in [0.3, 0.4) is 0 Å². The van der Waals surface area contributed by atoms with Crippen molar-refractivity contribution in [3.05, 3.63) is 17.4 Å². The molecule has 0 aromatic heterocycles. The maximum absolute atomic E-state index is 10.1. The molecule has 0 aromatic carbocycles. The van der Waals surface area contributed by atoms with Gasteiger partial charge in [-0.05, 0) is 30.3 Å². The van der Waals surface area contributed by atoms with Crippen LogP contribution in [0.4, 0.5) is 0 Å². The number of hydrogen-bond acceptors (Lipinski definition) is 1. The van der Waals surface area contributed by atoms with Gasteiger partial charge in [0.25, 0.3) is 0 Å². The molecule has 0 aliphatic carbocycles. The minimum atomic E-state index is -0.342. The van der Waals surface area contributed by atoms with Gasteiger partial charge in [0.15, 0.2) is 0 Å². The number of hydrogen-bond donors (Lipinski definition) is 1. The molecule has 0 saturated heterocycles. The Bertz CT molecular complexity index is 249. The van der Waals surface area contributed by atoms with Crippen LogP contribution < -0.4 is 0 Å². The van der Waals surface area contributed by atoms with E-state index in [0.29, 0.717) is 0 Å². The van der Waals surface area contributed by atoms with Crippen LogP contribution in [0.15, 0.2) is 17.4 Å². The van der Waals surface area contributed by atoms with E-state index >= 15 is 0 Å². The van der Waals surface area contributed by atoms with Crippen LogP contribution >= 0.6 is 0 Å². The monoisotopic (exact) mass is 224 g/mol. The fourth-order valence-electron chi connectivity index (χ4n) is 1.38. The first-order valence-electron chi connectivity index (χ1n) is 6.42. The van der Waals surface area contributed by atoms with Gasteiger partial charge in [-0.15, -0.1) is 5.73 Å². The molecule has 0 radical (unpaired) electrons. The van der Waals surface area contributed by atoms with Gasteiger partial charge in [0, 0.05) is 5.57 Å². The first-order valence-corrected chi connectivity index (χ1v) is 6.42. The Balaban J connectivity index is 4.86. The molecule has 1 heteroatoms. The van der Waals surface area contributed by atoms with Gasteiger partial charge in [0.1, 0.15) is 0 Å². The summed E-state index contributed by atoms with van der Waals surface area (Å²) in [6.45, 7) is 12.7. The normalized spacial score (nSPS) is 13.5. The number of rotatable bonds is 5. The van der Waals surface area contributed by atoms with Crippen molar-refractivity contribution in [3.63, 3.8) is 0 Å². The summed E-state index contributed by atoms with van der Waals surface area (Å²) in [7, 11) is 0. The molecule has 0 spiro atoms. The van der Waals surface area contributed by atoms with E-state index in [9.17, 15) is 5.11 Å². The van der Waals surface area contributed by atoms with E-state index in [4.69, 9.17) is 0 Å². The lowest BCUT2D eigenvalue weighted by Crippen LogP contribution is -2.17. The smallest absolute Gasteiger partial charge is 0.0846 e. The molecule has 0 fully saturated rings. The maximum atomic E-state index is 10.1. The largest absolute Gasteiger partial charge is 0.388 e. The summed E-state index contributed by atoms with van der Waals surface area (Å²) in [6, 6.07) is 0. The average molecular weight is 224 g/mol. The molecule has 1 nitrogen and oxygen atoms in total. The summed E-state index contributed by atoms with van der Waals surface area (Å²) in [5, 5.41) is 10.1. The molecule has 0 aliphatic rings. The van der Waals surface area contributed by atoms with Gasteiger partial charge in [0.2, 0.25) is 0 Å². The zero-order valence-electron chi connectivity index (χ0n) is 11.8. The second-order valence-electron chi connectivity index (χ2n) is 5.97. The highest BCUT2D eigenvalue weighted by Gasteiger charge is 2.14. The third-order valence-corrected chi connectivity index (χ3v) is 2.48. The zero-order chi connectivity index (χ0) is 12.8. The first kappa shape index (κ1) is 15.5. The second-order valence-corrected chi connectivity index (χ2v) is 5.97. The molecule has 0 saturated carbocycles. The fraction of sp³-hybridized carbons (Fsp3) is 0.800. The lowest BCUT2D eigenvalue weighted by molar-refractivity contribution is 0.156. The minimum absolute atomic E-state index is 0.133. The standard InChI is InChI=1S/C15H28O/c1-7-8-9-13(14(16)12(2)3)10-11-15(4,5)6/h11-12,14,16H,7-9H2,1-6H3/t10?,14-/m1/s1. The van der Waals surface area contributed by atoms with Gasteiger partial charge in [0.05, 0.1) is 6.10 Å². The van der Waals surface area contributed by atoms with E-state index in [0.717, 1.165) is 24.8 Å². The molecule has 0 aliphatic heterocycles. The van der Waals surface area contributed by atoms with E-state index in [-0.39, 0.29) is 17.4 Å². The van der Waals surface area contributed by atoms with Crippen LogP contribution in [-0.4, -0.2) is 11.2 Å². The Morgan fingerprint density at radius 2 is 1.88 bits per heavy atom. The van der Waals surface area contributed by atoms with Crippen LogP contribution in [-0.2, 0) is 0 Å². The Morgan fingerprint density at radius 3 is 2.25 bits per heavy atom. The molecular formula is C15H28O. The highest BCUT2D eigenvalue weighted by Crippen LogP contribution is 2.19. The molecule has 0 unspecified atom stereocenters. The van der Waals surface area contributed by atoms with E-state index < -0.39 is 0 Å². The topological polar surface area (TPSA) is 20.2 Å². The van der Waals surface area contributed by atoms with Gasteiger partial charge < -0.3 is 5.11 Å². The molecular weight excluding hydrogens is 196 g/mol. The Labute approximate surface area is 101 Å². The number of aliphatic hydroxyl groups excluding tert-OH is 1. The van der Waals surface area contributed by atoms with Crippen LogP contribution in [0.5, 0.6) is 0 Å². The Morgan fingerprint density at radius 1 is 1.31 bits per heavy atom. The third kappa shape index (κ3) is 6.87. The molecule has 16 heavy (non-hydrogen) atoms. The zero-order valence-corrected chi connectivity index (χ0v) is 11.8. The highest BCUT2D eigenvalue weighted by molar-refractivity contribution is 5.10. The number of unbranched alkanes of at least 4 members (excludes halogenated alkanes) is 1. The summed E-state index contributed by atoms with van der Waals surface area (Å²) in [6.07, 6.45) is 4.98. The van der Waals surface area contributed by atoms with Gasteiger partial charge in [-0.2, -0.15) is 0 Å². The van der Waals surface area contributed by atoms with Gasteiger partial charge in [-0.3, -0.25) is 0 Å². The Kier molecular flexibility index (Phi) is 6.71. The maximum Gasteiger partial charge on any atom is 0.0846 e. The summed E-state index contributed by atoms with van der Waals surface area (Å²) in [5.74, 6) is 0.271. The van der Waals surface area contributed by atoms with E-state index in [1.165, 1.54) is 0 Å². The molecule has 1 atom stereocenters. The van der Waals surface area contributed by atoms with Crippen molar-refractivity contribution >= 4 is 0 Å². The predicted molar refractivity (Wildman–Crippen MR) is 71.4 cm³/mol. The van der Waals surface area contributed by atoms with Crippen LogP contribution in [0, 0.1) is 11.3 Å². The van der Waals surface area contributed by atoms with E-state index in [2.05, 4.69) is 53.3 Å². The molecule has 1 N–H and O–H groups in total. The molecule has 0 amide bonds. The third-order valence-electron chi connectivity index (χ3n) is 2.48. The Hall–Kier alpha value is -0.520. The van der Waals surface area contributed by atoms with E-state index in [1.807, 2.05) is 0 Å². The lowest BCUT2D eigenvalue weighted by Gasteiger charge is -2.17. The van der Waals surface area contributed by atoms with Crippen molar-refractivity contribution in [2.24, 2.45) is 11.3 Å². The minimum Gasteiger partial charge on any atom is -0.388 e. The summed E-state index contributed by atoms with van der Waals surface area (Å²) in [5.41, 5.74) is 4.51. The van der Waals surface area contributed by atoms with Crippen molar-refractivity contribution < 1.29 is 5.11 Å². The van der Waals surface area contributed by atoms with Gasteiger partial charge in [-0.25, -0.2) is 0 Å². The molecule has 0 rings (SSSR count). The lowest BCUT2D eigenvalue weighted by atomic mass is 9.92. The summed E-state index contributed by atoms with van der Waals surface area (Å²) in [4.78, 5) is 0. The van der Waals surface area contributed by atoms with Crippen molar-refractivity contribution in [1.29, 1.82) is 0 Å². The van der Waals surface area contributed by atoms with Crippen molar-refractivity contribution in [1.82, 2.24) is 0 Å². The van der Waals surface area contributed by atoms with Crippen LogP contribution in [0.1, 0.15) is 60.8 Å². The van der Waals surface area contributed by atoms with Gasteiger partial charge >= 0.3 is 0 Å². The van der Waals surface area contributed by atoms with Crippen LogP contribution in [0.25, 0.3) is 0 Å². The average Bonchev–Trinajstić information content (AvgIpc) is 2.15. The first-order chi connectivity index (χ1) is 7.28. The quantitative estimate of drug-likeness (QED) is 0.689. The van der Waals surface area contributed by atoms with Crippen molar-refractivity contribution in [3.8, 4) is 0 Å². The molecule has 0 heterocycles. The van der Waals surface area contributed by atoms with Gasteiger partial charge in [-0.1, -0.05) is 48.0 Å². The number of aliphatic hydroxyl groups is 1. The molecule has 0 bridgehead atoms. The fourth-order valence-corrected chi connectivity index (χ4v) is 1.38. The molecule has 94 valence electrons.